The number of nitrogens with zero attached hydrogens (tertiary/aromatic N) is 1. The Morgan fingerprint density at radius 3 is 2.36 bits per heavy atom. The zero-order chi connectivity index (χ0) is 17.1. The molecule has 1 rings (SSSR count). The molecule has 122 valence electrons. The maximum absolute atomic E-state index is 12.9. The van der Waals surface area contributed by atoms with Crippen molar-refractivity contribution in [2.24, 2.45) is 10.7 Å². The van der Waals surface area contributed by atoms with Crippen molar-refractivity contribution in [2.45, 2.75) is 32.5 Å². The molecule has 0 saturated heterocycles. The fourth-order valence-electron chi connectivity index (χ4n) is 1.49. The summed E-state index contributed by atoms with van der Waals surface area (Å²) >= 11 is 2.99. The monoisotopic (exact) mass is 380 g/mol. The summed E-state index contributed by atoms with van der Waals surface area (Å²) in [5, 5.41) is 4.73. The summed E-state index contributed by atoms with van der Waals surface area (Å²) in [5.74, 6) is -0.445. The molecule has 5 nitrogen and oxygen atoms in total. The number of nitrogens with one attached hydrogen (secondary N) is 2. The van der Waals surface area contributed by atoms with E-state index in [9.17, 15) is 18.0 Å². The van der Waals surface area contributed by atoms with Gasteiger partial charge < -0.3 is 11.1 Å². The fraction of sp³-hybridized carbons (Fsp3) is 0.385. The molecular weight excluding hydrogens is 365 g/mol. The number of hydrogen-bond donors (Lipinski definition) is 3. The van der Waals surface area contributed by atoms with E-state index in [1.165, 1.54) is 12.1 Å². The summed E-state index contributed by atoms with van der Waals surface area (Å²) < 4.78 is 38.9. The van der Waals surface area contributed by atoms with E-state index >= 15 is 0 Å². The van der Waals surface area contributed by atoms with Crippen molar-refractivity contribution in [3.63, 3.8) is 0 Å². The standard InChI is InChI=1S/C13H16BrF3N4O/c1-12(2,3)21-11(22)20-10(18)19-9-7(13(15,16)17)5-4-6-8(9)14/h4-6H,1-3H3,(H4,18,19,20,21,22). The number of aliphatic imine (C=N–C) groups is 1. The van der Waals surface area contributed by atoms with Crippen LogP contribution in [-0.2, 0) is 6.18 Å². The number of amides is 2. The third kappa shape index (κ3) is 5.55. The second kappa shape index (κ2) is 6.55. The maximum Gasteiger partial charge on any atom is 0.418 e. The number of para-hydroxylation sites is 1. The average molecular weight is 381 g/mol. The van der Waals surface area contributed by atoms with Crippen LogP contribution in [0.25, 0.3) is 0 Å². The van der Waals surface area contributed by atoms with Crippen LogP contribution in [0.15, 0.2) is 27.7 Å². The largest absolute Gasteiger partial charge is 0.418 e. The molecule has 22 heavy (non-hydrogen) atoms. The van der Waals surface area contributed by atoms with E-state index < -0.39 is 35.0 Å². The van der Waals surface area contributed by atoms with Gasteiger partial charge in [-0.25, -0.2) is 9.79 Å². The number of rotatable bonds is 1. The lowest BCUT2D eigenvalue weighted by Gasteiger charge is -2.20. The molecule has 0 unspecified atom stereocenters. The Balaban J connectivity index is 3.05. The van der Waals surface area contributed by atoms with Crippen LogP contribution in [0, 0.1) is 0 Å². The third-order valence-corrected chi connectivity index (χ3v) is 2.89. The highest BCUT2D eigenvalue weighted by Gasteiger charge is 2.34. The lowest BCUT2D eigenvalue weighted by atomic mass is 10.1. The molecule has 0 fully saturated rings. The Bertz CT molecular complexity index is 594. The summed E-state index contributed by atoms with van der Waals surface area (Å²) in [7, 11) is 0. The Morgan fingerprint density at radius 2 is 1.86 bits per heavy atom. The van der Waals surface area contributed by atoms with Crippen LogP contribution in [0.3, 0.4) is 0 Å². The highest BCUT2D eigenvalue weighted by Crippen LogP contribution is 2.40. The Hall–Kier alpha value is -1.77. The van der Waals surface area contributed by atoms with Crippen molar-refractivity contribution < 1.29 is 18.0 Å². The first-order chi connectivity index (χ1) is 9.90. The number of carbonyl (C=O) groups is 1. The first-order valence-electron chi connectivity index (χ1n) is 6.19. The molecule has 4 N–H and O–H groups in total. The van der Waals surface area contributed by atoms with E-state index in [0.29, 0.717) is 0 Å². The molecule has 0 saturated carbocycles. The highest BCUT2D eigenvalue weighted by molar-refractivity contribution is 9.10. The summed E-state index contributed by atoms with van der Waals surface area (Å²) in [6.07, 6.45) is -4.59. The normalized spacial score (nSPS) is 13.0. The van der Waals surface area contributed by atoms with E-state index in [2.05, 4.69) is 31.6 Å². The second-order valence-corrected chi connectivity index (χ2v) is 6.31. The Morgan fingerprint density at radius 1 is 1.27 bits per heavy atom. The summed E-state index contributed by atoms with van der Waals surface area (Å²) in [6.45, 7) is 5.24. The summed E-state index contributed by atoms with van der Waals surface area (Å²) in [6, 6.07) is 2.86. The van der Waals surface area contributed by atoms with Crippen LogP contribution >= 0.6 is 15.9 Å². The highest BCUT2D eigenvalue weighted by atomic mass is 79.9. The smallest absolute Gasteiger partial charge is 0.369 e. The zero-order valence-corrected chi connectivity index (χ0v) is 13.8. The van der Waals surface area contributed by atoms with Gasteiger partial charge in [0, 0.05) is 10.0 Å². The molecule has 0 aliphatic rings. The van der Waals surface area contributed by atoms with Crippen LogP contribution < -0.4 is 16.4 Å². The quantitative estimate of drug-likeness (QED) is 0.514. The maximum atomic E-state index is 12.9. The van der Waals surface area contributed by atoms with Gasteiger partial charge in [-0.3, -0.25) is 5.32 Å². The molecule has 2 amide bonds. The van der Waals surface area contributed by atoms with Gasteiger partial charge in [0.1, 0.15) is 0 Å². The number of hydrogen-bond acceptors (Lipinski definition) is 2. The van der Waals surface area contributed by atoms with Gasteiger partial charge in [0.25, 0.3) is 0 Å². The number of guanidine groups is 1. The van der Waals surface area contributed by atoms with Gasteiger partial charge >= 0.3 is 12.2 Å². The fourth-order valence-corrected chi connectivity index (χ4v) is 1.95. The van der Waals surface area contributed by atoms with Gasteiger partial charge in [0.2, 0.25) is 5.96 Å². The number of benzene rings is 1. The second-order valence-electron chi connectivity index (χ2n) is 5.46. The molecular formula is C13H16BrF3N4O. The minimum Gasteiger partial charge on any atom is -0.369 e. The molecule has 0 heterocycles. The zero-order valence-electron chi connectivity index (χ0n) is 12.2. The topological polar surface area (TPSA) is 79.5 Å². The van der Waals surface area contributed by atoms with Crippen molar-refractivity contribution in [1.82, 2.24) is 10.6 Å². The van der Waals surface area contributed by atoms with Crippen molar-refractivity contribution in [3.8, 4) is 0 Å². The first kappa shape index (κ1) is 18.3. The molecule has 0 aromatic heterocycles. The molecule has 0 aliphatic heterocycles. The van der Waals surface area contributed by atoms with Gasteiger partial charge in [0.15, 0.2) is 0 Å². The lowest BCUT2D eigenvalue weighted by Crippen LogP contribution is -2.50. The Kier molecular flexibility index (Phi) is 5.44. The number of carbonyl (C=O) groups excluding carboxylic acids is 1. The lowest BCUT2D eigenvalue weighted by molar-refractivity contribution is -0.137. The van der Waals surface area contributed by atoms with Crippen LogP contribution in [0.5, 0.6) is 0 Å². The summed E-state index contributed by atoms with van der Waals surface area (Å²) in [5.41, 5.74) is 3.62. The van der Waals surface area contributed by atoms with E-state index in [-0.39, 0.29) is 4.47 Å². The molecule has 1 aromatic rings. The van der Waals surface area contributed by atoms with Crippen molar-refractivity contribution in [2.75, 3.05) is 0 Å². The van der Waals surface area contributed by atoms with E-state index in [1.807, 2.05) is 0 Å². The van der Waals surface area contributed by atoms with Crippen LogP contribution in [0.1, 0.15) is 26.3 Å². The molecule has 0 bridgehead atoms. The van der Waals surface area contributed by atoms with E-state index in [4.69, 9.17) is 5.73 Å². The van der Waals surface area contributed by atoms with Gasteiger partial charge in [-0.1, -0.05) is 6.07 Å². The first-order valence-corrected chi connectivity index (χ1v) is 6.98. The Labute approximate surface area is 134 Å². The van der Waals surface area contributed by atoms with Gasteiger partial charge in [0.05, 0.1) is 11.3 Å². The predicted molar refractivity (Wildman–Crippen MR) is 81.8 cm³/mol. The van der Waals surface area contributed by atoms with Crippen LogP contribution in [0.4, 0.5) is 23.7 Å². The minimum atomic E-state index is -4.59. The van der Waals surface area contributed by atoms with E-state index in [1.54, 1.807) is 20.8 Å². The SMILES string of the molecule is CC(C)(C)NC(=O)NC(N)=Nc1c(Br)cccc1C(F)(F)F. The number of nitrogens with two attached hydrogens (primary N) is 1. The minimum absolute atomic E-state index is 0.114. The van der Waals surface area contributed by atoms with Gasteiger partial charge in [-0.2, -0.15) is 13.2 Å². The molecule has 0 atom stereocenters. The number of alkyl halides is 3. The third-order valence-electron chi connectivity index (χ3n) is 2.25. The molecule has 1 aromatic carbocycles. The van der Waals surface area contributed by atoms with Crippen LogP contribution in [-0.4, -0.2) is 17.5 Å². The molecule has 9 heteroatoms. The number of urea groups is 1. The predicted octanol–water partition coefficient (Wildman–Crippen LogP) is 3.51. The molecule has 0 aliphatic carbocycles. The van der Waals surface area contributed by atoms with Crippen molar-refractivity contribution >= 4 is 33.6 Å². The van der Waals surface area contributed by atoms with Crippen molar-refractivity contribution in [3.05, 3.63) is 28.2 Å². The molecule has 0 radical (unpaired) electrons. The van der Waals surface area contributed by atoms with Crippen LogP contribution in [0.2, 0.25) is 0 Å². The average Bonchev–Trinajstić information content (AvgIpc) is 2.27. The number of halogens is 4. The van der Waals surface area contributed by atoms with Crippen molar-refractivity contribution in [1.29, 1.82) is 0 Å². The van der Waals surface area contributed by atoms with Gasteiger partial charge in [-0.15, -0.1) is 0 Å². The summed E-state index contributed by atoms with van der Waals surface area (Å²) in [4.78, 5) is 15.3. The molecule has 0 spiro atoms. The van der Waals surface area contributed by atoms with Gasteiger partial charge in [-0.05, 0) is 48.8 Å². The van der Waals surface area contributed by atoms with E-state index in [0.717, 1.165) is 6.07 Å².